The first-order chi connectivity index (χ1) is 13.0. The third-order valence-electron chi connectivity index (χ3n) is 3.79. The van der Waals surface area contributed by atoms with E-state index in [4.69, 9.17) is 4.74 Å². The van der Waals surface area contributed by atoms with E-state index in [1.165, 1.54) is 7.11 Å². The number of nitrogens with zero attached hydrogens (tertiary/aromatic N) is 1. The molecule has 0 aromatic heterocycles. The van der Waals surface area contributed by atoms with Crippen molar-refractivity contribution in [2.45, 2.75) is 18.0 Å². The molecule has 0 bridgehead atoms. The van der Waals surface area contributed by atoms with Crippen molar-refractivity contribution >= 4 is 40.0 Å². The summed E-state index contributed by atoms with van der Waals surface area (Å²) in [7, 11) is -0.327. The largest absolute Gasteiger partial charge is 0.383 e. The second-order valence-electron chi connectivity index (χ2n) is 5.80. The molecule has 0 atom stereocenters. The summed E-state index contributed by atoms with van der Waals surface area (Å²) in [5.41, 5.74) is 1.99. The number of hydrogen-bond donors (Lipinski definition) is 3. The van der Waals surface area contributed by atoms with E-state index in [2.05, 4.69) is 20.3 Å². The molecule has 7 nitrogen and oxygen atoms in total. The first-order valence-corrected chi connectivity index (χ1v) is 10.1. The number of guanidine groups is 1. The van der Waals surface area contributed by atoms with Crippen LogP contribution >= 0.6 is 24.0 Å². The van der Waals surface area contributed by atoms with Crippen molar-refractivity contribution in [2.75, 3.05) is 27.3 Å². The molecule has 0 heterocycles. The highest BCUT2D eigenvalue weighted by molar-refractivity contribution is 14.0. The van der Waals surface area contributed by atoms with Gasteiger partial charge in [-0.3, -0.25) is 4.99 Å². The molecule has 0 aliphatic rings. The highest BCUT2D eigenvalue weighted by Gasteiger charge is 2.13. The number of aliphatic imine (C=N–C) groups is 1. The Morgan fingerprint density at radius 1 is 1.00 bits per heavy atom. The predicted molar refractivity (Wildman–Crippen MR) is 122 cm³/mol. The maximum absolute atomic E-state index is 12.3. The van der Waals surface area contributed by atoms with Crippen LogP contribution in [-0.4, -0.2) is 41.7 Å². The highest BCUT2D eigenvalue weighted by Crippen LogP contribution is 2.11. The third-order valence-corrected chi connectivity index (χ3v) is 5.25. The van der Waals surface area contributed by atoms with E-state index in [-0.39, 0.29) is 35.4 Å². The Kier molecular flexibility index (Phi) is 11.0. The van der Waals surface area contributed by atoms with Gasteiger partial charge in [0.15, 0.2) is 5.96 Å². The molecule has 0 saturated heterocycles. The summed E-state index contributed by atoms with van der Waals surface area (Å²) in [6.45, 7) is 1.66. The van der Waals surface area contributed by atoms with Gasteiger partial charge in [-0.1, -0.05) is 42.5 Å². The van der Waals surface area contributed by atoms with E-state index in [1.54, 1.807) is 25.2 Å². The van der Waals surface area contributed by atoms with Crippen LogP contribution in [0.1, 0.15) is 11.1 Å². The van der Waals surface area contributed by atoms with Gasteiger partial charge in [-0.2, -0.15) is 0 Å². The summed E-state index contributed by atoms with van der Waals surface area (Å²) < 4.78 is 32.0. The minimum atomic E-state index is -3.55. The highest BCUT2D eigenvalue weighted by atomic mass is 127. The van der Waals surface area contributed by atoms with Gasteiger partial charge < -0.3 is 15.4 Å². The lowest BCUT2D eigenvalue weighted by Gasteiger charge is -2.13. The Morgan fingerprint density at radius 3 is 2.29 bits per heavy atom. The third kappa shape index (κ3) is 8.13. The van der Waals surface area contributed by atoms with Crippen molar-refractivity contribution < 1.29 is 13.2 Å². The van der Waals surface area contributed by atoms with Crippen molar-refractivity contribution in [3.63, 3.8) is 0 Å². The molecular weight excluding hydrogens is 491 g/mol. The summed E-state index contributed by atoms with van der Waals surface area (Å²) in [5.74, 6) is 0.644. The predicted octanol–water partition coefficient (Wildman–Crippen LogP) is 2.09. The number of ether oxygens (including phenoxy) is 1. The van der Waals surface area contributed by atoms with E-state index in [9.17, 15) is 8.42 Å². The van der Waals surface area contributed by atoms with Gasteiger partial charge in [-0.05, 0) is 23.3 Å². The van der Waals surface area contributed by atoms with Gasteiger partial charge in [0.25, 0.3) is 0 Å². The number of methoxy groups -OCH3 is 1. The molecule has 0 unspecified atom stereocenters. The zero-order valence-electron chi connectivity index (χ0n) is 16.0. The lowest BCUT2D eigenvalue weighted by molar-refractivity contribution is 0.204. The second-order valence-corrected chi connectivity index (χ2v) is 7.57. The fourth-order valence-corrected chi connectivity index (χ4v) is 3.46. The van der Waals surface area contributed by atoms with Gasteiger partial charge in [-0.15, -0.1) is 24.0 Å². The van der Waals surface area contributed by atoms with Crippen LogP contribution in [0.3, 0.4) is 0 Å². The minimum absolute atomic E-state index is 0. The molecule has 0 amide bonds. The quantitative estimate of drug-likeness (QED) is 0.205. The number of rotatable bonds is 9. The Morgan fingerprint density at radius 2 is 1.64 bits per heavy atom. The van der Waals surface area contributed by atoms with Crippen LogP contribution in [0.4, 0.5) is 0 Å². The average Bonchev–Trinajstić information content (AvgIpc) is 2.69. The maximum Gasteiger partial charge on any atom is 0.240 e. The molecule has 0 radical (unpaired) electrons. The van der Waals surface area contributed by atoms with Gasteiger partial charge in [0, 0.05) is 33.8 Å². The van der Waals surface area contributed by atoms with E-state index >= 15 is 0 Å². The summed E-state index contributed by atoms with van der Waals surface area (Å²) in [5, 5.41) is 6.42. The summed E-state index contributed by atoms with van der Waals surface area (Å²) in [6, 6.07) is 16.8. The zero-order valence-corrected chi connectivity index (χ0v) is 19.2. The summed E-state index contributed by atoms with van der Waals surface area (Å²) in [4.78, 5) is 4.42. The van der Waals surface area contributed by atoms with Crippen LogP contribution in [0, 0.1) is 0 Å². The van der Waals surface area contributed by atoms with Crippen LogP contribution < -0.4 is 15.4 Å². The van der Waals surface area contributed by atoms with E-state index < -0.39 is 10.0 Å². The van der Waals surface area contributed by atoms with Crippen LogP contribution in [0.25, 0.3) is 0 Å². The summed E-state index contributed by atoms with van der Waals surface area (Å²) >= 11 is 0. The molecule has 3 N–H and O–H groups in total. The van der Waals surface area contributed by atoms with Gasteiger partial charge in [0.2, 0.25) is 10.0 Å². The first kappa shape index (κ1) is 24.3. The van der Waals surface area contributed by atoms with Crippen LogP contribution in [0.2, 0.25) is 0 Å². The number of hydrogen-bond acceptors (Lipinski definition) is 4. The van der Waals surface area contributed by atoms with Crippen molar-refractivity contribution in [3.05, 3.63) is 65.7 Å². The van der Waals surface area contributed by atoms with Crippen molar-refractivity contribution in [1.82, 2.24) is 15.4 Å². The molecule has 0 aliphatic heterocycles. The van der Waals surface area contributed by atoms with Crippen molar-refractivity contribution in [1.29, 1.82) is 0 Å². The van der Waals surface area contributed by atoms with Crippen LogP contribution in [0.5, 0.6) is 0 Å². The number of nitrogens with one attached hydrogen (secondary N) is 3. The van der Waals surface area contributed by atoms with E-state index in [1.807, 2.05) is 36.4 Å². The molecular formula is C19H27IN4O3S. The van der Waals surface area contributed by atoms with Gasteiger partial charge in [0.1, 0.15) is 0 Å². The Labute approximate surface area is 184 Å². The molecule has 154 valence electrons. The lowest BCUT2D eigenvalue weighted by Crippen LogP contribution is -2.36. The molecule has 2 rings (SSSR count). The molecule has 2 aromatic rings. The van der Waals surface area contributed by atoms with Crippen LogP contribution in [-0.2, 0) is 27.8 Å². The average molecular weight is 518 g/mol. The Bertz CT molecular complexity index is 845. The standard InChI is InChI=1S/C19H26N4O3S.HI/c1-20-19(21-14-16-7-4-3-5-8-16)22-15-17-9-6-10-18(13-17)27(24,25)23-11-12-26-2;/h3-10,13,23H,11-12,14-15H2,1-2H3,(H2,20,21,22);1H. The zero-order chi connectivity index (χ0) is 19.5. The van der Waals surface area contributed by atoms with Crippen LogP contribution in [0.15, 0.2) is 64.5 Å². The molecule has 0 spiro atoms. The molecule has 0 saturated carbocycles. The number of sulfonamides is 1. The van der Waals surface area contributed by atoms with E-state index in [0.29, 0.717) is 25.7 Å². The van der Waals surface area contributed by atoms with Gasteiger partial charge in [-0.25, -0.2) is 13.1 Å². The topological polar surface area (TPSA) is 91.8 Å². The normalized spacial score (nSPS) is 11.6. The van der Waals surface area contributed by atoms with Crippen molar-refractivity contribution in [3.8, 4) is 0 Å². The Balaban J connectivity index is 0.00000392. The summed E-state index contributed by atoms with van der Waals surface area (Å²) in [6.07, 6.45) is 0. The monoisotopic (exact) mass is 518 g/mol. The van der Waals surface area contributed by atoms with Gasteiger partial charge in [0.05, 0.1) is 11.5 Å². The first-order valence-electron chi connectivity index (χ1n) is 8.61. The van der Waals surface area contributed by atoms with E-state index in [0.717, 1.165) is 11.1 Å². The number of benzene rings is 2. The molecule has 28 heavy (non-hydrogen) atoms. The second kappa shape index (κ2) is 12.7. The minimum Gasteiger partial charge on any atom is -0.383 e. The van der Waals surface area contributed by atoms with Gasteiger partial charge >= 0.3 is 0 Å². The fourth-order valence-electron chi connectivity index (χ4n) is 2.37. The molecule has 2 aromatic carbocycles. The van der Waals surface area contributed by atoms with Crippen molar-refractivity contribution in [2.24, 2.45) is 4.99 Å². The SMILES string of the molecule is CN=C(NCc1ccccc1)NCc1cccc(S(=O)(=O)NCCOC)c1.I. The molecule has 9 heteroatoms. The smallest absolute Gasteiger partial charge is 0.240 e. The Hall–Kier alpha value is -1.69. The molecule has 0 aliphatic carbocycles. The lowest BCUT2D eigenvalue weighted by atomic mass is 10.2. The fraction of sp³-hybridized carbons (Fsp3) is 0.316. The molecule has 0 fully saturated rings. The number of halogens is 1. The maximum atomic E-state index is 12.3.